The van der Waals surface area contributed by atoms with E-state index in [-0.39, 0.29) is 23.8 Å². The van der Waals surface area contributed by atoms with E-state index >= 15 is 0 Å². The van der Waals surface area contributed by atoms with Crippen molar-refractivity contribution in [1.29, 1.82) is 0 Å². The lowest BCUT2D eigenvalue weighted by Gasteiger charge is -2.17. The van der Waals surface area contributed by atoms with Gasteiger partial charge in [0.2, 0.25) is 5.91 Å². The molecule has 1 aromatic heterocycles. The van der Waals surface area contributed by atoms with Crippen molar-refractivity contribution in [2.24, 2.45) is 11.7 Å². The quantitative estimate of drug-likeness (QED) is 0.880. The highest BCUT2D eigenvalue weighted by Gasteiger charge is 2.32. The standard InChI is InChI=1S/C11H13ClN2O2S/c12-9-5-4-8(17-9)11(16)14-7-3-1-2-6(7)10(13)15/h4-7H,1-3H2,(H2,13,15)(H,14,16). The van der Waals surface area contributed by atoms with Gasteiger partial charge in [0.25, 0.3) is 5.91 Å². The molecule has 92 valence electrons. The minimum atomic E-state index is -0.336. The highest BCUT2D eigenvalue weighted by molar-refractivity contribution is 7.17. The predicted octanol–water partition coefficient (Wildman–Crippen LogP) is 1.79. The SMILES string of the molecule is NC(=O)C1CCCC1NC(=O)c1ccc(Cl)s1. The Morgan fingerprint density at radius 1 is 1.41 bits per heavy atom. The van der Waals surface area contributed by atoms with Gasteiger partial charge >= 0.3 is 0 Å². The molecule has 1 saturated carbocycles. The number of amides is 2. The van der Waals surface area contributed by atoms with Crippen LogP contribution < -0.4 is 11.1 Å². The second-order valence-electron chi connectivity index (χ2n) is 4.12. The fraction of sp³-hybridized carbons (Fsp3) is 0.455. The summed E-state index contributed by atoms with van der Waals surface area (Å²) >= 11 is 6.99. The van der Waals surface area contributed by atoms with Gasteiger partial charge in [-0.05, 0) is 25.0 Å². The van der Waals surface area contributed by atoms with E-state index in [0.717, 1.165) is 19.3 Å². The van der Waals surface area contributed by atoms with Crippen LogP contribution in [0.4, 0.5) is 0 Å². The molecule has 1 aliphatic carbocycles. The van der Waals surface area contributed by atoms with Crippen LogP contribution in [0, 0.1) is 5.92 Å². The van der Waals surface area contributed by atoms with E-state index in [1.54, 1.807) is 12.1 Å². The fourth-order valence-corrected chi connectivity index (χ4v) is 3.10. The van der Waals surface area contributed by atoms with Crippen LogP contribution in [0.1, 0.15) is 28.9 Å². The molecular weight excluding hydrogens is 260 g/mol. The molecule has 1 aromatic rings. The van der Waals surface area contributed by atoms with Crippen LogP contribution in [0.5, 0.6) is 0 Å². The van der Waals surface area contributed by atoms with E-state index in [1.165, 1.54) is 11.3 Å². The second-order valence-corrected chi connectivity index (χ2v) is 5.84. The molecule has 2 rings (SSSR count). The maximum atomic E-state index is 11.9. The summed E-state index contributed by atoms with van der Waals surface area (Å²) < 4.78 is 0.577. The van der Waals surface area contributed by atoms with Gasteiger partial charge in [0.15, 0.2) is 0 Å². The van der Waals surface area contributed by atoms with Crippen molar-refractivity contribution >= 4 is 34.8 Å². The zero-order chi connectivity index (χ0) is 12.4. The molecule has 1 aliphatic rings. The summed E-state index contributed by atoms with van der Waals surface area (Å²) in [5.41, 5.74) is 5.30. The van der Waals surface area contributed by atoms with Crippen LogP contribution in [-0.2, 0) is 4.79 Å². The average molecular weight is 273 g/mol. The number of primary amides is 1. The first-order valence-corrected chi connectivity index (χ1v) is 6.63. The maximum absolute atomic E-state index is 11.9. The molecule has 0 bridgehead atoms. The fourth-order valence-electron chi connectivity index (χ4n) is 2.15. The maximum Gasteiger partial charge on any atom is 0.261 e. The summed E-state index contributed by atoms with van der Waals surface area (Å²) in [6, 6.07) is 3.22. The molecule has 0 aromatic carbocycles. The van der Waals surface area contributed by atoms with E-state index in [4.69, 9.17) is 17.3 Å². The van der Waals surface area contributed by atoms with E-state index in [1.807, 2.05) is 0 Å². The lowest BCUT2D eigenvalue weighted by molar-refractivity contribution is -0.122. The molecule has 2 atom stereocenters. The summed E-state index contributed by atoms with van der Waals surface area (Å²) in [4.78, 5) is 23.6. The van der Waals surface area contributed by atoms with Crippen molar-refractivity contribution in [2.75, 3.05) is 0 Å². The normalized spacial score (nSPS) is 23.6. The van der Waals surface area contributed by atoms with Crippen LogP contribution in [-0.4, -0.2) is 17.9 Å². The Morgan fingerprint density at radius 2 is 2.18 bits per heavy atom. The zero-order valence-electron chi connectivity index (χ0n) is 9.11. The Morgan fingerprint density at radius 3 is 2.76 bits per heavy atom. The number of halogens is 1. The molecule has 2 amide bonds. The largest absolute Gasteiger partial charge is 0.369 e. The summed E-state index contributed by atoms with van der Waals surface area (Å²) in [5.74, 6) is -0.758. The predicted molar refractivity (Wildman–Crippen MR) is 67.1 cm³/mol. The van der Waals surface area contributed by atoms with E-state index in [0.29, 0.717) is 9.21 Å². The summed E-state index contributed by atoms with van der Waals surface area (Å²) in [7, 11) is 0. The third-order valence-corrected chi connectivity index (χ3v) is 4.22. The lowest BCUT2D eigenvalue weighted by atomic mass is 10.0. The minimum absolute atomic E-state index is 0.138. The van der Waals surface area contributed by atoms with E-state index in [2.05, 4.69) is 5.32 Å². The van der Waals surface area contributed by atoms with E-state index < -0.39 is 0 Å². The van der Waals surface area contributed by atoms with Crippen molar-refractivity contribution in [1.82, 2.24) is 5.32 Å². The highest BCUT2D eigenvalue weighted by atomic mass is 35.5. The van der Waals surface area contributed by atoms with Crippen LogP contribution in [0.3, 0.4) is 0 Å². The van der Waals surface area contributed by atoms with Gasteiger partial charge in [-0.3, -0.25) is 9.59 Å². The van der Waals surface area contributed by atoms with Crippen molar-refractivity contribution in [3.63, 3.8) is 0 Å². The molecule has 0 aliphatic heterocycles. The van der Waals surface area contributed by atoms with Gasteiger partial charge in [0, 0.05) is 6.04 Å². The number of thiophene rings is 1. The van der Waals surface area contributed by atoms with Crippen LogP contribution in [0.25, 0.3) is 0 Å². The minimum Gasteiger partial charge on any atom is -0.369 e. The monoisotopic (exact) mass is 272 g/mol. The summed E-state index contributed by atoms with van der Waals surface area (Å²) in [5, 5.41) is 2.85. The van der Waals surface area contributed by atoms with Gasteiger partial charge in [-0.1, -0.05) is 18.0 Å². The molecule has 1 fully saturated rings. The Balaban J connectivity index is 2.01. The van der Waals surface area contributed by atoms with Gasteiger partial charge in [-0.25, -0.2) is 0 Å². The second kappa shape index (κ2) is 5.06. The third-order valence-electron chi connectivity index (χ3n) is 2.99. The number of hydrogen-bond acceptors (Lipinski definition) is 3. The highest BCUT2D eigenvalue weighted by Crippen LogP contribution is 2.27. The smallest absolute Gasteiger partial charge is 0.261 e. The van der Waals surface area contributed by atoms with Crippen molar-refractivity contribution in [3.8, 4) is 0 Å². The first-order valence-electron chi connectivity index (χ1n) is 5.43. The lowest BCUT2D eigenvalue weighted by Crippen LogP contribution is -2.42. The van der Waals surface area contributed by atoms with Crippen LogP contribution in [0.2, 0.25) is 4.34 Å². The Hall–Kier alpha value is -1.07. The van der Waals surface area contributed by atoms with Gasteiger partial charge in [-0.15, -0.1) is 11.3 Å². The first-order chi connectivity index (χ1) is 8.08. The number of carbonyl (C=O) groups is 2. The van der Waals surface area contributed by atoms with Crippen LogP contribution in [0.15, 0.2) is 12.1 Å². The Kier molecular flexibility index (Phi) is 3.69. The van der Waals surface area contributed by atoms with Crippen molar-refractivity contribution in [3.05, 3.63) is 21.3 Å². The molecule has 0 spiro atoms. The molecule has 0 saturated heterocycles. The van der Waals surface area contributed by atoms with Crippen LogP contribution >= 0.6 is 22.9 Å². The molecule has 3 N–H and O–H groups in total. The summed E-state index contributed by atoms with van der Waals surface area (Å²) in [6.07, 6.45) is 2.48. The number of carbonyl (C=O) groups excluding carboxylic acids is 2. The molecule has 0 radical (unpaired) electrons. The molecule has 4 nitrogen and oxygen atoms in total. The Bertz CT molecular complexity index is 446. The van der Waals surface area contributed by atoms with Gasteiger partial charge in [-0.2, -0.15) is 0 Å². The van der Waals surface area contributed by atoms with Gasteiger partial charge < -0.3 is 11.1 Å². The average Bonchev–Trinajstić information content (AvgIpc) is 2.86. The number of nitrogens with two attached hydrogens (primary N) is 1. The number of nitrogens with one attached hydrogen (secondary N) is 1. The molecule has 17 heavy (non-hydrogen) atoms. The molecule has 1 heterocycles. The Labute approximate surface area is 108 Å². The zero-order valence-corrected chi connectivity index (χ0v) is 10.7. The van der Waals surface area contributed by atoms with Gasteiger partial charge in [0.05, 0.1) is 15.1 Å². The number of rotatable bonds is 3. The van der Waals surface area contributed by atoms with Crippen molar-refractivity contribution < 1.29 is 9.59 Å². The third kappa shape index (κ3) is 2.79. The summed E-state index contributed by atoms with van der Waals surface area (Å²) in [6.45, 7) is 0. The topological polar surface area (TPSA) is 72.2 Å². The molecule has 6 heteroatoms. The number of hydrogen-bond donors (Lipinski definition) is 2. The van der Waals surface area contributed by atoms with E-state index in [9.17, 15) is 9.59 Å². The molecule has 2 unspecified atom stereocenters. The molecular formula is C11H13ClN2O2S. The van der Waals surface area contributed by atoms with Gasteiger partial charge in [0.1, 0.15) is 0 Å². The van der Waals surface area contributed by atoms with Crippen molar-refractivity contribution in [2.45, 2.75) is 25.3 Å². The first kappa shape index (κ1) is 12.4.